The zero-order chi connectivity index (χ0) is 14.1. The molecule has 1 aromatic rings. The van der Waals surface area contributed by atoms with E-state index in [1.807, 2.05) is 12.1 Å². The van der Waals surface area contributed by atoms with E-state index in [0.29, 0.717) is 24.2 Å². The molecule has 1 atom stereocenters. The van der Waals surface area contributed by atoms with Crippen LogP contribution < -0.4 is 9.47 Å². The number of halogens is 2. The number of ether oxygens (including phenoxy) is 2. The lowest BCUT2D eigenvalue weighted by atomic mass is 9.80. The molecule has 2 aliphatic rings. The van der Waals surface area contributed by atoms with Crippen LogP contribution in [0.15, 0.2) is 12.1 Å². The van der Waals surface area contributed by atoms with Crippen molar-refractivity contribution >= 4 is 23.2 Å². The zero-order valence-electron chi connectivity index (χ0n) is 11.7. The maximum atomic E-state index is 6.70. The quantitative estimate of drug-likeness (QED) is 0.697. The van der Waals surface area contributed by atoms with Gasteiger partial charge in [-0.25, -0.2) is 0 Å². The van der Waals surface area contributed by atoms with Crippen LogP contribution in [-0.4, -0.2) is 13.2 Å². The van der Waals surface area contributed by atoms with Crippen LogP contribution in [0.4, 0.5) is 0 Å². The summed E-state index contributed by atoms with van der Waals surface area (Å²) in [6.45, 7) is 3.48. The molecule has 0 radical (unpaired) electrons. The van der Waals surface area contributed by atoms with Crippen LogP contribution >= 0.6 is 23.2 Å². The van der Waals surface area contributed by atoms with Crippen LogP contribution in [0.3, 0.4) is 0 Å². The smallest absolute Gasteiger partial charge is 0.162 e. The fraction of sp³-hybridized carbons (Fsp3) is 0.625. The minimum absolute atomic E-state index is 0.0363. The van der Waals surface area contributed by atoms with Crippen molar-refractivity contribution in [2.45, 2.75) is 38.0 Å². The van der Waals surface area contributed by atoms with Gasteiger partial charge in [-0.2, -0.15) is 0 Å². The van der Waals surface area contributed by atoms with Gasteiger partial charge in [0, 0.05) is 11.1 Å². The third kappa shape index (κ3) is 2.87. The van der Waals surface area contributed by atoms with Gasteiger partial charge in [-0.15, -0.1) is 11.6 Å². The first-order valence-electron chi connectivity index (χ1n) is 7.38. The van der Waals surface area contributed by atoms with Gasteiger partial charge in [0.25, 0.3) is 0 Å². The predicted molar refractivity (Wildman–Crippen MR) is 82.2 cm³/mol. The van der Waals surface area contributed by atoms with Gasteiger partial charge in [0.2, 0.25) is 0 Å². The molecule has 1 aliphatic heterocycles. The predicted octanol–water partition coefficient (Wildman–Crippen LogP) is 5.22. The second-order valence-electron chi connectivity index (χ2n) is 5.94. The Hall–Kier alpha value is -0.600. The number of alkyl halides is 1. The van der Waals surface area contributed by atoms with E-state index in [4.69, 9.17) is 32.7 Å². The number of hydrogen-bond acceptors (Lipinski definition) is 2. The maximum Gasteiger partial charge on any atom is 0.162 e. The van der Waals surface area contributed by atoms with Crippen molar-refractivity contribution in [2.24, 2.45) is 11.8 Å². The van der Waals surface area contributed by atoms with Crippen LogP contribution in [0, 0.1) is 11.8 Å². The van der Waals surface area contributed by atoms with Gasteiger partial charge in [0.05, 0.1) is 5.38 Å². The summed E-state index contributed by atoms with van der Waals surface area (Å²) in [5.41, 5.74) is 0.983. The lowest BCUT2D eigenvalue weighted by Crippen LogP contribution is -2.18. The van der Waals surface area contributed by atoms with E-state index in [1.165, 1.54) is 25.7 Å². The number of rotatable bonds is 2. The molecule has 3 rings (SSSR count). The van der Waals surface area contributed by atoms with Gasteiger partial charge in [0.15, 0.2) is 11.5 Å². The highest BCUT2D eigenvalue weighted by Crippen LogP contribution is 2.45. The summed E-state index contributed by atoms with van der Waals surface area (Å²) in [4.78, 5) is 0. The van der Waals surface area contributed by atoms with Crippen molar-refractivity contribution in [1.29, 1.82) is 0 Å². The van der Waals surface area contributed by atoms with Crippen molar-refractivity contribution < 1.29 is 9.47 Å². The summed E-state index contributed by atoms with van der Waals surface area (Å²) >= 11 is 13.1. The van der Waals surface area contributed by atoms with Crippen molar-refractivity contribution in [3.63, 3.8) is 0 Å². The molecule has 0 bridgehead atoms. The molecule has 0 aromatic heterocycles. The molecule has 20 heavy (non-hydrogen) atoms. The number of hydrogen-bond donors (Lipinski definition) is 0. The van der Waals surface area contributed by atoms with Crippen molar-refractivity contribution in [1.82, 2.24) is 0 Å². The van der Waals surface area contributed by atoms with Crippen LogP contribution in [0.2, 0.25) is 5.02 Å². The maximum absolute atomic E-state index is 6.70. The minimum atomic E-state index is -0.0363. The molecule has 110 valence electrons. The van der Waals surface area contributed by atoms with E-state index < -0.39 is 0 Å². The summed E-state index contributed by atoms with van der Waals surface area (Å²) in [5, 5.41) is 0.652. The molecule has 1 fully saturated rings. The first-order valence-corrected chi connectivity index (χ1v) is 8.19. The SMILES string of the molecule is CC1CCC(C(Cl)c2cc3c(cc2Cl)OCCO3)CC1. The Morgan fingerprint density at radius 2 is 1.65 bits per heavy atom. The van der Waals surface area contributed by atoms with Crippen LogP contribution in [-0.2, 0) is 0 Å². The zero-order valence-corrected chi connectivity index (χ0v) is 13.2. The summed E-state index contributed by atoms with van der Waals surface area (Å²) in [6.07, 6.45) is 4.88. The Labute approximate surface area is 130 Å². The highest BCUT2D eigenvalue weighted by molar-refractivity contribution is 6.33. The van der Waals surface area contributed by atoms with Crippen LogP contribution in [0.5, 0.6) is 11.5 Å². The highest BCUT2D eigenvalue weighted by atomic mass is 35.5. The Bertz CT molecular complexity index is 482. The van der Waals surface area contributed by atoms with Gasteiger partial charge in [-0.3, -0.25) is 0 Å². The van der Waals surface area contributed by atoms with E-state index in [9.17, 15) is 0 Å². The first-order chi connectivity index (χ1) is 9.65. The van der Waals surface area contributed by atoms with E-state index in [1.54, 1.807) is 0 Å². The van der Waals surface area contributed by atoms with E-state index in [0.717, 1.165) is 23.0 Å². The van der Waals surface area contributed by atoms with Crippen molar-refractivity contribution in [2.75, 3.05) is 13.2 Å². The second kappa shape index (κ2) is 6.03. The Morgan fingerprint density at radius 3 is 2.30 bits per heavy atom. The lowest BCUT2D eigenvalue weighted by Gasteiger charge is -2.30. The molecule has 1 heterocycles. The third-order valence-electron chi connectivity index (χ3n) is 4.43. The van der Waals surface area contributed by atoms with E-state index >= 15 is 0 Å². The number of fused-ring (bicyclic) bond motifs is 1. The van der Waals surface area contributed by atoms with Crippen LogP contribution in [0.1, 0.15) is 43.5 Å². The largest absolute Gasteiger partial charge is 0.486 e. The number of benzene rings is 1. The fourth-order valence-corrected chi connectivity index (χ4v) is 3.88. The third-order valence-corrected chi connectivity index (χ3v) is 5.35. The monoisotopic (exact) mass is 314 g/mol. The van der Waals surface area contributed by atoms with Crippen molar-refractivity contribution in [3.05, 3.63) is 22.7 Å². The van der Waals surface area contributed by atoms with Gasteiger partial charge in [-0.05, 0) is 36.3 Å². The Kier molecular flexibility index (Phi) is 4.32. The average molecular weight is 315 g/mol. The summed E-state index contributed by atoms with van der Waals surface area (Å²) in [6, 6.07) is 3.80. The minimum Gasteiger partial charge on any atom is -0.486 e. The van der Waals surface area contributed by atoms with Gasteiger partial charge < -0.3 is 9.47 Å². The summed E-state index contributed by atoms with van der Waals surface area (Å²) in [5.74, 6) is 2.83. The van der Waals surface area contributed by atoms with Gasteiger partial charge >= 0.3 is 0 Å². The molecule has 0 spiro atoms. The van der Waals surface area contributed by atoms with Gasteiger partial charge in [0.1, 0.15) is 13.2 Å². The van der Waals surface area contributed by atoms with Gasteiger partial charge in [-0.1, -0.05) is 31.4 Å². The lowest BCUT2D eigenvalue weighted by molar-refractivity contribution is 0.171. The molecule has 0 N–H and O–H groups in total. The van der Waals surface area contributed by atoms with E-state index in [2.05, 4.69) is 6.92 Å². The molecule has 0 amide bonds. The molecule has 0 saturated heterocycles. The second-order valence-corrected chi connectivity index (χ2v) is 6.82. The van der Waals surface area contributed by atoms with Crippen LogP contribution in [0.25, 0.3) is 0 Å². The summed E-state index contributed by atoms with van der Waals surface area (Å²) < 4.78 is 11.2. The molecule has 4 heteroatoms. The van der Waals surface area contributed by atoms with Crippen molar-refractivity contribution in [3.8, 4) is 11.5 Å². The highest BCUT2D eigenvalue weighted by Gasteiger charge is 2.28. The topological polar surface area (TPSA) is 18.5 Å². The molecule has 2 nitrogen and oxygen atoms in total. The normalized spacial score (nSPS) is 27.1. The molecule has 1 unspecified atom stereocenters. The van der Waals surface area contributed by atoms with E-state index in [-0.39, 0.29) is 5.38 Å². The molecule has 1 saturated carbocycles. The summed E-state index contributed by atoms with van der Waals surface area (Å²) in [7, 11) is 0. The average Bonchev–Trinajstić information content (AvgIpc) is 2.46. The standard InChI is InChI=1S/C16H20Cl2O2/c1-10-2-4-11(5-3-10)16(18)12-8-14-15(9-13(12)17)20-7-6-19-14/h8-11,16H,2-7H2,1H3. The Balaban J connectivity index is 1.82. The molecular weight excluding hydrogens is 295 g/mol. The Morgan fingerprint density at radius 1 is 1.05 bits per heavy atom. The molecular formula is C16H20Cl2O2. The molecule has 1 aromatic carbocycles. The molecule has 1 aliphatic carbocycles. The first kappa shape index (κ1) is 14.3. The fourth-order valence-electron chi connectivity index (χ4n) is 3.12.